The quantitative estimate of drug-likeness (QED) is 0.720. The molecule has 15 heavy (non-hydrogen) atoms. The van der Waals surface area contributed by atoms with Crippen LogP contribution in [0.2, 0.25) is 0 Å². The number of nitrogens with one attached hydrogen (secondary N) is 1. The summed E-state index contributed by atoms with van der Waals surface area (Å²) in [6, 6.07) is 0. The van der Waals surface area contributed by atoms with Crippen molar-refractivity contribution in [3.8, 4) is 0 Å². The summed E-state index contributed by atoms with van der Waals surface area (Å²) >= 11 is 0. The molecule has 2 rings (SSSR count). The molecule has 0 bridgehead atoms. The van der Waals surface area contributed by atoms with Crippen molar-refractivity contribution in [2.24, 2.45) is 0 Å². The highest BCUT2D eigenvalue weighted by Crippen LogP contribution is 2.07. The predicted molar refractivity (Wildman–Crippen MR) is 54.6 cm³/mol. The van der Waals surface area contributed by atoms with Crippen LogP contribution in [0.25, 0.3) is 0 Å². The van der Waals surface area contributed by atoms with E-state index in [1.165, 1.54) is 32.4 Å². The lowest BCUT2D eigenvalue weighted by Gasteiger charge is -2.24. The first-order valence-electron chi connectivity index (χ1n) is 5.57. The van der Waals surface area contributed by atoms with E-state index in [0.717, 1.165) is 13.1 Å². The molecule has 0 amide bonds. The van der Waals surface area contributed by atoms with Gasteiger partial charge in [0.05, 0.1) is 6.54 Å². The maximum atomic E-state index is 11.1. The molecule has 1 aliphatic rings. The van der Waals surface area contributed by atoms with Gasteiger partial charge in [0.1, 0.15) is 0 Å². The first-order chi connectivity index (χ1) is 7.27. The minimum Gasteiger partial charge on any atom is -0.297 e. The summed E-state index contributed by atoms with van der Waals surface area (Å²) in [6.45, 7) is 5.93. The summed E-state index contributed by atoms with van der Waals surface area (Å²) in [4.78, 5) is 13.5. The molecule has 0 aromatic carbocycles. The van der Waals surface area contributed by atoms with Crippen molar-refractivity contribution in [3.05, 3.63) is 16.1 Å². The molecule has 0 aliphatic carbocycles. The SMILES string of the molecule is Cc1c(=O)o[nH][n+]1CCN1CCCCC1. The van der Waals surface area contributed by atoms with Crippen LogP contribution in [0, 0.1) is 6.92 Å². The van der Waals surface area contributed by atoms with Gasteiger partial charge in [0, 0.05) is 6.92 Å². The Labute approximate surface area is 88.6 Å². The van der Waals surface area contributed by atoms with Gasteiger partial charge in [-0.1, -0.05) is 11.1 Å². The molecule has 1 fully saturated rings. The van der Waals surface area contributed by atoms with Crippen LogP contribution in [0.15, 0.2) is 9.32 Å². The Balaban J connectivity index is 1.87. The second-order valence-electron chi connectivity index (χ2n) is 4.12. The summed E-state index contributed by atoms with van der Waals surface area (Å²) in [5.74, 6) is 0. The molecule has 1 aliphatic heterocycles. The molecule has 0 saturated carbocycles. The summed E-state index contributed by atoms with van der Waals surface area (Å²) < 4.78 is 6.47. The number of hydrogen-bond acceptors (Lipinski definition) is 3. The van der Waals surface area contributed by atoms with E-state index in [9.17, 15) is 4.79 Å². The van der Waals surface area contributed by atoms with Crippen molar-refractivity contribution in [1.29, 1.82) is 0 Å². The second kappa shape index (κ2) is 4.61. The van der Waals surface area contributed by atoms with E-state index in [4.69, 9.17) is 4.52 Å². The molecular formula is C10H18N3O2+. The Morgan fingerprint density at radius 1 is 1.40 bits per heavy atom. The van der Waals surface area contributed by atoms with E-state index in [-0.39, 0.29) is 5.63 Å². The van der Waals surface area contributed by atoms with Crippen LogP contribution < -0.4 is 10.3 Å². The number of rotatable bonds is 3. The largest absolute Gasteiger partial charge is 0.429 e. The third-order valence-electron chi connectivity index (χ3n) is 3.04. The number of nitrogens with zero attached hydrogens (tertiary/aromatic N) is 2. The van der Waals surface area contributed by atoms with Crippen LogP contribution in [-0.4, -0.2) is 29.8 Å². The minimum atomic E-state index is -0.270. The van der Waals surface area contributed by atoms with Gasteiger partial charge < -0.3 is 0 Å². The summed E-state index contributed by atoms with van der Waals surface area (Å²) in [5, 5.41) is 2.62. The maximum absolute atomic E-state index is 11.1. The van der Waals surface area contributed by atoms with Crippen LogP contribution >= 0.6 is 0 Å². The minimum absolute atomic E-state index is 0.270. The number of piperidine rings is 1. The molecule has 84 valence electrons. The number of H-pyrrole nitrogens is 1. The van der Waals surface area contributed by atoms with Crippen LogP contribution in [-0.2, 0) is 6.54 Å². The van der Waals surface area contributed by atoms with E-state index in [2.05, 4.69) is 10.2 Å². The number of aromatic amines is 1. The zero-order valence-electron chi connectivity index (χ0n) is 9.16. The Morgan fingerprint density at radius 3 is 2.73 bits per heavy atom. The van der Waals surface area contributed by atoms with Gasteiger partial charge in [0.15, 0.2) is 6.54 Å². The normalized spacial score (nSPS) is 18.2. The number of likely N-dealkylation sites (tertiary alicyclic amines) is 1. The van der Waals surface area contributed by atoms with Crippen LogP contribution in [0.4, 0.5) is 0 Å². The zero-order chi connectivity index (χ0) is 10.7. The highest BCUT2D eigenvalue weighted by atomic mass is 16.5. The van der Waals surface area contributed by atoms with Gasteiger partial charge in [-0.25, -0.2) is 4.79 Å². The second-order valence-corrected chi connectivity index (χ2v) is 4.12. The van der Waals surface area contributed by atoms with E-state index < -0.39 is 0 Å². The van der Waals surface area contributed by atoms with Gasteiger partial charge in [0.25, 0.3) is 5.69 Å². The molecule has 2 heterocycles. The highest BCUT2D eigenvalue weighted by Gasteiger charge is 2.17. The first-order valence-corrected chi connectivity index (χ1v) is 5.57. The van der Waals surface area contributed by atoms with Gasteiger partial charge in [-0.3, -0.25) is 9.42 Å². The van der Waals surface area contributed by atoms with Gasteiger partial charge in [-0.15, -0.1) is 0 Å². The Hall–Kier alpha value is -1.10. The van der Waals surface area contributed by atoms with Crippen molar-refractivity contribution in [3.63, 3.8) is 0 Å². The molecule has 5 nitrogen and oxygen atoms in total. The smallest absolute Gasteiger partial charge is 0.297 e. The van der Waals surface area contributed by atoms with Crippen LogP contribution in [0.3, 0.4) is 0 Å². The van der Waals surface area contributed by atoms with Crippen molar-refractivity contribution < 1.29 is 9.20 Å². The van der Waals surface area contributed by atoms with Crippen LogP contribution in [0.5, 0.6) is 0 Å². The maximum Gasteiger partial charge on any atom is 0.429 e. The zero-order valence-corrected chi connectivity index (χ0v) is 9.16. The molecule has 1 aromatic heterocycles. The molecule has 0 unspecified atom stereocenters. The van der Waals surface area contributed by atoms with Crippen LogP contribution in [0.1, 0.15) is 25.0 Å². The molecule has 1 aromatic rings. The lowest BCUT2D eigenvalue weighted by molar-refractivity contribution is -0.766. The molecule has 1 saturated heterocycles. The monoisotopic (exact) mass is 212 g/mol. The summed E-state index contributed by atoms with van der Waals surface area (Å²) in [7, 11) is 0. The fourth-order valence-corrected chi connectivity index (χ4v) is 1.99. The van der Waals surface area contributed by atoms with Crippen molar-refractivity contribution in [2.75, 3.05) is 19.6 Å². The van der Waals surface area contributed by atoms with Crippen molar-refractivity contribution in [1.82, 2.24) is 10.2 Å². The molecular weight excluding hydrogens is 194 g/mol. The van der Waals surface area contributed by atoms with E-state index in [1.807, 2.05) is 0 Å². The molecule has 0 radical (unpaired) electrons. The van der Waals surface area contributed by atoms with Gasteiger partial charge in [-0.2, -0.15) is 0 Å². The summed E-state index contributed by atoms with van der Waals surface area (Å²) in [5.41, 5.74) is 0.376. The molecule has 5 heteroatoms. The third-order valence-corrected chi connectivity index (χ3v) is 3.04. The number of hydrogen-bond donors (Lipinski definition) is 1. The van der Waals surface area contributed by atoms with Crippen molar-refractivity contribution >= 4 is 0 Å². The fourth-order valence-electron chi connectivity index (χ4n) is 1.99. The third kappa shape index (κ3) is 2.47. The van der Waals surface area contributed by atoms with Gasteiger partial charge >= 0.3 is 5.63 Å². The van der Waals surface area contributed by atoms with Gasteiger partial charge in [-0.05, 0) is 31.2 Å². The van der Waals surface area contributed by atoms with E-state index in [1.54, 1.807) is 11.6 Å². The Morgan fingerprint density at radius 2 is 2.13 bits per heavy atom. The predicted octanol–water partition coefficient (Wildman–Crippen LogP) is 0.0497. The molecule has 0 atom stereocenters. The number of aromatic nitrogens is 2. The molecule has 1 N–H and O–H groups in total. The average molecular weight is 212 g/mol. The average Bonchev–Trinajstić information content (AvgIpc) is 2.59. The standard InChI is InChI=1S/C10H17N3O2/c1-9-10(14)15-11-13(9)8-7-12-5-3-2-4-6-12/h2-8H2,1H3/p+1. The van der Waals surface area contributed by atoms with E-state index in [0.29, 0.717) is 5.69 Å². The lowest BCUT2D eigenvalue weighted by atomic mass is 10.1. The van der Waals surface area contributed by atoms with Gasteiger partial charge in [0.2, 0.25) is 0 Å². The fraction of sp³-hybridized carbons (Fsp3) is 0.800. The summed E-state index contributed by atoms with van der Waals surface area (Å²) in [6.07, 6.45) is 3.95. The van der Waals surface area contributed by atoms with Crippen molar-refractivity contribution in [2.45, 2.75) is 32.7 Å². The lowest BCUT2D eigenvalue weighted by Crippen LogP contribution is -2.45. The highest BCUT2D eigenvalue weighted by molar-refractivity contribution is 4.75. The van der Waals surface area contributed by atoms with E-state index >= 15 is 0 Å². The topological polar surface area (TPSA) is 53.1 Å². The first kappa shape index (κ1) is 10.4. The Bertz CT molecular complexity index is 363. The Kier molecular flexibility index (Phi) is 3.20. The molecule has 0 spiro atoms.